The van der Waals surface area contributed by atoms with Crippen molar-refractivity contribution in [3.8, 4) is 0 Å². The molecule has 1 aliphatic rings. The van der Waals surface area contributed by atoms with Crippen LogP contribution in [0.25, 0.3) is 0 Å². The first kappa shape index (κ1) is 12.9. The predicted octanol–water partition coefficient (Wildman–Crippen LogP) is -0.574. The van der Waals surface area contributed by atoms with Crippen molar-refractivity contribution in [1.82, 2.24) is 9.97 Å². The van der Waals surface area contributed by atoms with E-state index < -0.39 is 10.0 Å². The van der Waals surface area contributed by atoms with Gasteiger partial charge in [-0.25, -0.2) is 23.5 Å². The zero-order valence-electron chi connectivity index (χ0n) is 9.91. The van der Waals surface area contributed by atoms with Gasteiger partial charge in [-0.15, -0.1) is 0 Å². The second-order valence-electron chi connectivity index (χ2n) is 4.46. The van der Waals surface area contributed by atoms with Crippen molar-refractivity contribution in [3.63, 3.8) is 0 Å². The van der Waals surface area contributed by atoms with Crippen LogP contribution in [0.15, 0.2) is 12.4 Å². The molecule has 1 aromatic heterocycles. The van der Waals surface area contributed by atoms with Gasteiger partial charge < -0.3 is 0 Å². The van der Waals surface area contributed by atoms with Crippen molar-refractivity contribution in [2.24, 2.45) is 11.1 Å². The molecule has 0 spiro atoms. The number of anilines is 1. The molecule has 0 radical (unpaired) electrons. The third kappa shape index (κ3) is 3.02. The number of aryl methyl sites for hydroxylation is 1. The van der Waals surface area contributed by atoms with E-state index in [1.165, 1.54) is 4.90 Å². The lowest BCUT2D eigenvalue weighted by Gasteiger charge is -2.13. The van der Waals surface area contributed by atoms with Gasteiger partial charge in [-0.3, -0.25) is 9.69 Å². The Labute approximate surface area is 105 Å². The fourth-order valence-corrected chi connectivity index (χ4v) is 2.82. The number of nitrogens with zero attached hydrogens (tertiary/aromatic N) is 3. The molecule has 1 atom stereocenters. The van der Waals surface area contributed by atoms with E-state index in [9.17, 15) is 13.2 Å². The molecular weight excluding hydrogens is 256 g/mol. The molecule has 2 rings (SSSR count). The maximum atomic E-state index is 11.8. The van der Waals surface area contributed by atoms with Gasteiger partial charge in [0.25, 0.3) is 0 Å². The van der Waals surface area contributed by atoms with Gasteiger partial charge >= 0.3 is 0 Å². The fourth-order valence-electron chi connectivity index (χ4n) is 1.94. The minimum Gasteiger partial charge on any atom is -0.280 e. The topological polar surface area (TPSA) is 106 Å². The summed E-state index contributed by atoms with van der Waals surface area (Å²) in [4.78, 5) is 21.3. The molecule has 98 valence electrons. The van der Waals surface area contributed by atoms with Crippen molar-refractivity contribution in [1.29, 1.82) is 0 Å². The Morgan fingerprint density at radius 3 is 2.61 bits per heavy atom. The number of aromatic nitrogens is 2. The maximum absolute atomic E-state index is 11.8. The van der Waals surface area contributed by atoms with E-state index in [0.29, 0.717) is 12.5 Å². The molecule has 1 fully saturated rings. The van der Waals surface area contributed by atoms with E-state index in [2.05, 4.69) is 9.97 Å². The molecule has 1 unspecified atom stereocenters. The Morgan fingerprint density at radius 1 is 1.44 bits per heavy atom. The third-order valence-electron chi connectivity index (χ3n) is 2.68. The number of sulfonamides is 1. The van der Waals surface area contributed by atoms with Gasteiger partial charge in [-0.05, 0) is 12.5 Å². The Hall–Kier alpha value is -1.54. The second-order valence-corrected chi connectivity index (χ2v) is 6.12. The Morgan fingerprint density at radius 2 is 2.06 bits per heavy atom. The molecule has 1 aromatic rings. The third-order valence-corrected chi connectivity index (χ3v) is 3.62. The maximum Gasteiger partial charge on any atom is 0.232 e. The van der Waals surface area contributed by atoms with E-state index in [1.54, 1.807) is 12.4 Å². The number of hydrogen-bond donors (Lipinski definition) is 1. The number of hydrogen-bond acceptors (Lipinski definition) is 5. The van der Waals surface area contributed by atoms with Gasteiger partial charge in [0.1, 0.15) is 0 Å². The standard InChI is InChI=1S/C10H14N4O3S/c1-7-3-12-10(13-4-7)14-5-8(2-9(14)15)6-18(11,16)17/h3-4,8H,2,5-6H2,1H3,(H2,11,16,17). The highest BCUT2D eigenvalue weighted by atomic mass is 32.2. The van der Waals surface area contributed by atoms with Crippen LogP contribution in [0.2, 0.25) is 0 Å². The zero-order chi connectivity index (χ0) is 13.3. The average Bonchev–Trinajstić information content (AvgIpc) is 2.58. The van der Waals surface area contributed by atoms with E-state index in [4.69, 9.17) is 5.14 Å². The SMILES string of the molecule is Cc1cnc(N2CC(CS(N)(=O)=O)CC2=O)nc1. The van der Waals surface area contributed by atoms with Crippen molar-refractivity contribution >= 4 is 21.9 Å². The van der Waals surface area contributed by atoms with Gasteiger partial charge in [0.15, 0.2) is 0 Å². The van der Waals surface area contributed by atoms with E-state index in [1.807, 2.05) is 6.92 Å². The van der Waals surface area contributed by atoms with Gasteiger partial charge in [-0.1, -0.05) is 0 Å². The molecule has 1 amide bonds. The summed E-state index contributed by atoms with van der Waals surface area (Å²) in [6, 6.07) is 0. The summed E-state index contributed by atoms with van der Waals surface area (Å²) >= 11 is 0. The Kier molecular flexibility index (Phi) is 3.31. The number of carbonyl (C=O) groups excluding carboxylic acids is 1. The first-order valence-electron chi connectivity index (χ1n) is 5.44. The fraction of sp³-hybridized carbons (Fsp3) is 0.500. The molecule has 1 saturated heterocycles. The minimum atomic E-state index is -3.56. The summed E-state index contributed by atoms with van der Waals surface area (Å²) in [5, 5.41) is 4.98. The van der Waals surface area contributed by atoms with Crippen LogP contribution in [0.1, 0.15) is 12.0 Å². The highest BCUT2D eigenvalue weighted by molar-refractivity contribution is 7.89. The first-order chi connectivity index (χ1) is 8.35. The lowest BCUT2D eigenvalue weighted by molar-refractivity contribution is -0.117. The molecule has 2 N–H and O–H groups in total. The number of rotatable bonds is 3. The van der Waals surface area contributed by atoms with Gasteiger partial charge in [0.2, 0.25) is 21.9 Å². The molecule has 7 nitrogen and oxygen atoms in total. The van der Waals surface area contributed by atoms with Gasteiger partial charge in [-0.2, -0.15) is 0 Å². The smallest absolute Gasteiger partial charge is 0.232 e. The van der Waals surface area contributed by atoms with Crippen molar-refractivity contribution in [3.05, 3.63) is 18.0 Å². The lowest BCUT2D eigenvalue weighted by atomic mass is 10.1. The average molecular weight is 270 g/mol. The monoisotopic (exact) mass is 270 g/mol. The highest BCUT2D eigenvalue weighted by Crippen LogP contribution is 2.22. The summed E-state index contributed by atoms with van der Waals surface area (Å²) in [6.07, 6.45) is 3.39. The van der Waals surface area contributed by atoms with E-state index in [0.717, 1.165) is 5.56 Å². The number of amides is 1. The van der Waals surface area contributed by atoms with Gasteiger partial charge in [0.05, 0.1) is 5.75 Å². The van der Waals surface area contributed by atoms with E-state index in [-0.39, 0.29) is 24.0 Å². The predicted molar refractivity (Wildman–Crippen MR) is 65.2 cm³/mol. The number of primary sulfonamides is 1. The molecule has 8 heteroatoms. The van der Waals surface area contributed by atoms with Crippen molar-refractivity contribution < 1.29 is 13.2 Å². The minimum absolute atomic E-state index is 0.160. The van der Waals surface area contributed by atoms with E-state index >= 15 is 0 Å². The summed E-state index contributed by atoms with van der Waals surface area (Å²) in [5.41, 5.74) is 0.895. The Bertz CT molecular complexity index is 555. The molecule has 0 aromatic carbocycles. The van der Waals surface area contributed by atoms with Crippen molar-refractivity contribution in [2.45, 2.75) is 13.3 Å². The lowest BCUT2D eigenvalue weighted by Crippen LogP contribution is -2.28. The quantitative estimate of drug-likeness (QED) is 0.791. The molecule has 1 aliphatic heterocycles. The van der Waals surface area contributed by atoms with Crippen LogP contribution >= 0.6 is 0 Å². The molecule has 18 heavy (non-hydrogen) atoms. The Balaban J connectivity index is 2.12. The molecule has 0 aliphatic carbocycles. The van der Waals surface area contributed by atoms with Crippen LogP contribution in [0, 0.1) is 12.8 Å². The van der Waals surface area contributed by atoms with Crippen LogP contribution in [-0.4, -0.2) is 36.6 Å². The van der Waals surface area contributed by atoms with Crippen molar-refractivity contribution in [2.75, 3.05) is 17.2 Å². The summed E-state index contributed by atoms with van der Waals surface area (Å²) in [7, 11) is -3.56. The van der Waals surface area contributed by atoms with Crippen LogP contribution in [0.4, 0.5) is 5.95 Å². The highest BCUT2D eigenvalue weighted by Gasteiger charge is 2.34. The zero-order valence-corrected chi connectivity index (χ0v) is 10.7. The second kappa shape index (κ2) is 4.62. The van der Waals surface area contributed by atoms with Crippen LogP contribution in [0.5, 0.6) is 0 Å². The van der Waals surface area contributed by atoms with Crippen LogP contribution < -0.4 is 10.0 Å². The molecule has 0 saturated carbocycles. The normalized spacial score (nSPS) is 20.4. The molecular formula is C10H14N4O3S. The summed E-state index contributed by atoms with van der Waals surface area (Å²) in [6.45, 7) is 2.14. The summed E-state index contributed by atoms with van der Waals surface area (Å²) in [5.74, 6) is -0.353. The van der Waals surface area contributed by atoms with Crippen LogP contribution in [0.3, 0.4) is 0 Å². The van der Waals surface area contributed by atoms with Gasteiger partial charge in [0, 0.05) is 31.3 Å². The number of carbonyl (C=O) groups is 1. The summed E-state index contributed by atoms with van der Waals surface area (Å²) < 4.78 is 22.0. The number of nitrogens with two attached hydrogens (primary N) is 1. The first-order valence-corrected chi connectivity index (χ1v) is 7.16. The molecule has 2 heterocycles. The molecule has 0 bridgehead atoms. The largest absolute Gasteiger partial charge is 0.280 e. The van der Waals surface area contributed by atoms with Crippen LogP contribution in [-0.2, 0) is 14.8 Å².